The number of halogens is 3. The van der Waals surface area contributed by atoms with Crippen LogP contribution >= 0.6 is 0 Å². The Morgan fingerprint density at radius 1 is 0.867 bits per heavy atom. The molecule has 2 heterocycles. The summed E-state index contributed by atoms with van der Waals surface area (Å²) in [6.45, 7) is 6.96. The van der Waals surface area contributed by atoms with Crippen molar-refractivity contribution in [3.05, 3.63) is 89.6 Å². The second-order valence-electron chi connectivity index (χ2n) is 11.7. The first-order chi connectivity index (χ1) is 21.6. The molecule has 1 amide bonds. The number of unbranched alkanes of at least 4 members (excludes halogenated alkanes) is 1. The first-order valence-electron chi connectivity index (χ1n) is 15.3. The molecular formula is C35H37F3N4O3. The van der Waals surface area contributed by atoms with E-state index in [0.717, 1.165) is 30.9 Å². The average Bonchev–Trinajstić information content (AvgIpc) is 3.05. The summed E-state index contributed by atoms with van der Waals surface area (Å²) in [6.07, 6.45) is -2.56. The zero-order valence-electron chi connectivity index (χ0n) is 25.5. The summed E-state index contributed by atoms with van der Waals surface area (Å²) in [7, 11) is 0. The molecule has 1 fully saturated rings. The fraction of sp³-hybridized carbons (Fsp3) is 0.371. The van der Waals surface area contributed by atoms with Gasteiger partial charge in [0, 0.05) is 49.4 Å². The predicted molar refractivity (Wildman–Crippen MR) is 168 cm³/mol. The second kappa shape index (κ2) is 14.1. The van der Waals surface area contributed by atoms with Crippen LogP contribution in [0.1, 0.15) is 54.7 Å². The fourth-order valence-electron chi connectivity index (χ4n) is 5.33. The number of ether oxygens (including phenoxy) is 1. The first kappa shape index (κ1) is 31.9. The Morgan fingerprint density at radius 3 is 2.24 bits per heavy atom. The van der Waals surface area contributed by atoms with Crippen LogP contribution in [0.15, 0.2) is 72.8 Å². The lowest BCUT2D eigenvalue weighted by atomic mass is 10.0. The summed E-state index contributed by atoms with van der Waals surface area (Å²) in [5.41, 5.74) is 3.56. The minimum absolute atomic E-state index is 0.0836. The summed E-state index contributed by atoms with van der Waals surface area (Å²) in [6, 6.07) is 20.2. The number of carbonyl (C=O) groups excluding carboxylic acids is 2. The molecule has 0 unspecified atom stereocenters. The van der Waals surface area contributed by atoms with Crippen LogP contribution in [-0.4, -0.2) is 59.5 Å². The second-order valence-corrected chi connectivity index (χ2v) is 11.7. The highest BCUT2D eigenvalue weighted by Crippen LogP contribution is 2.32. The van der Waals surface area contributed by atoms with Gasteiger partial charge in [-0.3, -0.25) is 9.59 Å². The number of nitrogens with zero attached hydrogens (tertiary/aromatic N) is 4. The number of fused-ring (bicyclic) bond motifs is 1. The maximum absolute atomic E-state index is 13.5. The molecule has 0 saturated carbocycles. The van der Waals surface area contributed by atoms with Crippen LogP contribution in [0, 0.1) is 5.92 Å². The highest BCUT2D eigenvalue weighted by molar-refractivity contribution is 5.97. The van der Waals surface area contributed by atoms with Gasteiger partial charge in [0.1, 0.15) is 0 Å². The summed E-state index contributed by atoms with van der Waals surface area (Å²) < 4.78 is 44.9. The maximum Gasteiger partial charge on any atom is 0.416 e. The largest absolute Gasteiger partial charge is 0.465 e. The lowest BCUT2D eigenvalue weighted by molar-refractivity contribution is -0.144. The SMILES string of the molecule is CC(C)COC(=O)CCCCc1nc2cc(C(=O)N3CCN(c4ccccc4)CC3)ccc2nc1-c1ccc(C(F)(F)F)cc1. The molecule has 3 aromatic carbocycles. The lowest BCUT2D eigenvalue weighted by Gasteiger charge is -2.36. The fourth-order valence-corrected chi connectivity index (χ4v) is 5.33. The molecule has 1 aliphatic rings. The standard InChI is InChI=1S/C35H37F3N4O3/c1-24(2)23-45-32(43)11-7-6-10-30-33(25-12-15-27(16-13-25)35(36,37)38)40-29-17-14-26(22-31(29)39-30)34(44)42-20-18-41(19-21-42)28-8-4-3-5-9-28/h3-5,8-9,12-17,22,24H,6-7,10-11,18-21,23H2,1-2H3. The van der Waals surface area contributed by atoms with Gasteiger partial charge in [-0.15, -0.1) is 0 Å². The number of amides is 1. The van der Waals surface area contributed by atoms with Gasteiger partial charge in [0.25, 0.3) is 5.91 Å². The first-order valence-corrected chi connectivity index (χ1v) is 15.3. The van der Waals surface area contributed by atoms with Gasteiger partial charge < -0.3 is 14.5 Å². The van der Waals surface area contributed by atoms with Gasteiger partial charge in [0.2, 0.25) is 0 Å². The molecule has 45 heavy (non-hydrogen) atoms. The van der Waals surface area contributed by atoms with Crippen LogP contribution in [0.3, 0.4) is 0 Å². The Morgan fingerprint density at radius 2 is 1.58 bits per heavy atom. The number of anilines is 1. The molecule has 1 aromatic heterocycles. The summed E-state index contributed by atoms with van der Waals surface area (Å²) in [4.78, 5) is 39.3. The van der Waals surface area contributed by atoms with E-state index in [4.69, 9.17) is 14.7 Å². The van der Waals surface area contributed by atoms with Gasteiger partial charge in [0.15, 0.2) is 0 Å². The zero-order valence-corrected chi connectivity index (χ0v) is 25.5. The van der Waals surface area contributed by atoms with E-state index in [1.807, 2.05) is 36.9 Å². The number of hydrogen-bond donors (Lipinski definition) is 0. The van der Waals surface area contributed by atoms with Crippen molar-refractivity contribution in [3.63, 3.8) is 0 Å². The Bertz CT molecular complexity index is 1620. The zero-order chi connectivity index (χ0) is 32.0. The van der Waals surface area contributed by atoms with Gasteiger partial charge in [-0.2, -0.15) is 13.2 Å². The van der Waals surface area contributed by atoms with Crippen LogP contribution in [0.4, 0.5) is 18.9 Å². The lowest BCUT2D eigenvalue weighted by Crippen LogP contribution is -2.48. The van der Waals surface area contributed by atoms with Crippen molar-refractivity contribution in [1.82, 2.24) is 14.9 Å². The molecule has 0 radical (unpaired) electrons. The van der Waals surface area contributed by atoms with E-state index in [2.05, 4.69) is 17.0 Å². The topological polar surface area (TPSA) is 75.6 Å². The van der Waals surface area contributed by atoms with E-state index < -0.39 is 11.7 Å². The molecule has 0 spiro atoms. The Balaban J connectivity index is 1.35. The smallest absolute Gasteiger partial charge is 0.416 e. The van der Waals surface area contributed by atoms with Crippen molar-refractivity contribution in [1.29, 1.82) is 0 Å². The Hall–Kier alpha value is -4.47. The molecule has 5 rings (SSSR count). The van der Waals surface area contributed by atoms with Crippen LogP contribution in [0.5, 0.6) is 0 Å². The van der Waals surface area contributed by atoms with Gasteiger partial charge in [-0.25, -0.2) is 9.97 Å². The number of benzene rings is 3. The van der Waals surface area contributed by atoms with Crippen molar-refractivity contribution in [2.45, 2.75) is 45.7 Å². The number of carbonyl (C=O) groups is 2. The molecule has 1 aliphatic heterocycles. The third-order valence-electron chi connectivity index (χ3n) is 7.78. The molecule has 1 saturated heterocycles. The van der Waals surface area contributed by atoms with Gasteiger partial charge in [-0.05, 0) is 67.6 Å². The van der Waals surface area contributed by atoms with Crippen molar-refractivity contribution < 1.29 is 27.5 Å². The van der Waals surface area contributed by atoms with Gasteiger partial charge >= 0.3 is 12.1 Å². The van der Waals surface area contributed by atoms with E-state index in [1.165, 1.54) is 12.1 Å². The third-order valence-corrected chi connectivity index (χ3v) is 7.78. The number of alkyl halides is 3. The van der Waals surface area contributed by atoms with E-state index in [1.54, 1.807) is 18.2 Å². The van der Waals surface area contributed by atoms with E-state index in [0.29, 0.717) is 72.5 Å². The van der Waals surface area contributed by atoms with Crippen LogP contribution < -0.4 is 4.90 Å². The molecule has 7 nitrogen and oxygen atoms in total. The van der Waals surface area contributed by atoms with E-state index in [9.17, 15) is 22.8 Å². The number of aromatic nitrogens is 2. The van der Waals surface area contributed by atoms with E-state index in [-0.39, 0.29) is 24.2 Å². The van der Waals surface area contributed by atoms with Crippen molar-refractivity contribution in [2.75, 3.05) is 37.7 Å². The van der Waals surface area contributed by atoms with Gasteiger partial charge in [0.05, 0.1) is 34.6 Å². The predicted octanol–water partition coefficient (Wildman–Crippen LogP) is 7.19. The molecule has 4 aromatic rings. The molecule has 10 heteroatoms. The number of hydrogen-bond acceptors (Lipinski definition) is 6. The van der Waals surface area contributed by atoms with Crippen molar-refractivity contribution in [2.24, 2.45) is 5.92 Å². The molecule has 236 valence electrons. The Labute approximate surface area is 261 Å². The highest BCUT2D eigenvalue weighted by Gasteiger charge is 2.30. The minimum Gasteiger partial charge on any atom is -0.465 e. The van der Waals surface area contributed by atoms with Gasteiger partial charge in [-0.1, -0.05) is 44.2 Å². The highest BCUT2D eigenvalue weighted by atomic mass is 19.4. The number of rotatable bonds is 10. The van der Waals surface area contributed by atoms with Crippen LogP contribution in [0.25, 0.3) is 22.3 Å². The number of aryl methyl sites for hydroxylation is 1. The summed E-state index contributed by atoms with van der Waals surface area (Å²) in [5, 5.41) is 0. The van der Waals surface area contributed by atoms with Crippen molar-refractivity contribution in [3.8, 4) is 11.3 Å². The molecule has 0 aliphatic carbocycles. The Kier molecular flexibility index (Phi) is 10.0. The average molecular weight is 619 g/mol. The monoisotopic (exact) mass is 618 g/mol. The summed E-state index contributed by atoms with van der Waals surface area (Å²) >= 11 is 0. The minimum atomic E-state index is -4.45. The third kappa shape index (κ3) is 8.17. The summed E-state index contributed by atoms with van der Waals surface area (Å²) in [5.74, 6) is -0.0903. The molecular weight excluding hydrogens is 581 g/mol. The normalized spacial score (nSPS) is 13.8. The number of esters is 1. The van der Waals surface area contributed by atoms with E-state index >= 15 is 0 Å². The molecule has 0 atom stereocenters. The van der Waals surface area contributed by atoms with Crippen LogP contribution in [0.2, 0.25) is 0 Å². The number of piperazine rings is 1. The van der Waals surface area contributed by atoms with Crippen LogP contribution in [-0.2, 0) is 22.1 Å². The number of para-hydroxylation sites is 1. The maximum atomic E-state index is 13.5. The quantitative estimate of drug-likeness (QED) is 0.138. The van der Waals surface area contributed by atoms with Crippen molar-refractivity contribution >= 4 is 28.6 Å². The molecule has 0 bridgehead atoms. The molecule has 0 N–H and O–H groups in total.